The Hall–Kier alpha value is -1.39. The van der Waals surface area contributed by atoms with E-state index >= 15 is 0 Å². The van der Waals surface area contributed by atoms with Crippen LogP contribution in [0.2, 0.25) is 0 Å². The van der Waals surface area contributed by atoms with E-state index in [9.17, 15) is 13.2 Å². The summed E-state index contributed by atoms with van der Waals surface area (Å²) in [4.78, 5) is 0. The molecule has 0 N–H and O–H groups in total. The monoisotopic (exact) mass is 230 g/mol. The van der Waals surface area contributed by atoms with E-state index < -0.39 is 11.8 Å². The molecule has 0 aromatic heterocycles. The van der Waals surface area contributed by atoms with E-state index in [2.05, 4.69) is 10.2 Å². The van der Waals surface area contributed by atoms with Crippen LogP contribution in [0.4, 0.5) is 13.2 Å². The minimum atomic E-state index is -4.43. The number of hydrogen-bond acceptors (Lipinski definition) is 2. The summed E-state index contributed by atoms with van der Waals surface area (Å²) >= 11 is 0. The summed E-state index contributed by atoms with van der Waals surface area (Å²) in [5, 5.41) is 6.21. The number of aryl methyl sites for hydroxylation is 1. The normalized spacial score (nSPS) is 16.4. The molecule has 0 spiro atoms. The zero-order valence-electron chi connectivity index (χ0n) is 9.34. The van der Waals surface area contributed by atoms with Crippen molar-refractivity contribution in [1.82, 2.24) is 0 Å². The van der Waals surface area contributed by atoms with Gasteiger partial charge in [-0.1, -0.05) is 43.7 Å². The molecule has 1 aliphatic rings. The van der Waals surface area contributed by atoms with Gasteiger partial charge in [-0.3, -0.25) is 0 Å². The Bertz CT molecular complexity index is 373. The van der Waals surface area contributed by atoms with Crippen LogP contribution >= 0.6 is 0 Å². The molecule has 0 bridgehead atoms. The zero-order valence-corrected chi connectivity index (χ0v) is 9.34. The fraction of sp³-hybridized carbons (Fsp3) is 0.455. The third-order valence-electron chi connectivity index (χ3n) is 2.15. The average Bonchev–Trinajstić information content (AvgIpc) is 3.02. The first-order chi connectivity index (χ1) is 7.46. The van der Waals surface area contributed by atoms with Crippen LogP contribution in [-0.2, 0) is 5.66 Å². The summed E-state index contributed by atoms with van der Waals surface area (Å²) in [6, 6.07) is 6.05. The highest BCUT2D eigenvalue weighted by Crippen LogP contribution is 2.52. The molecule has 0 fully saturated rings. The number of nitrogens with zero attached hydrogens (tertiary/aromatic N) is 2. The summed E-state index contributed by atoms with van der Waals surface area (Å²) in [6.07, 6.45) is -4.43. The second-order valence-electron chi connectivity index (χ2n) is 3.24. The Morgan fingerprint density at radius 3 is 1.75 bits per heavy atom. The summed E-state index contributed by atoms with van der Waals surface area (Å²) in [6.45, 7) is 5.81. The molecule has 5 heteroatoms. The lowest BCUT2D eigenvalue weighted by Gasteiger charge is -2.14. The van der Waals surface area contributed by atoms with Crippen LogP contribution in [0, 0.1) is 6.92 Å². The van der Waals surface area contributed by atoms with Crippen molar-refractivity contribution in [3.05, 3.63) is 35.4 Å². The van der Waals surface area contributed by atoms with Crippen molar-refractivity contribution in [3.8, 4) is 0 Å². The van der Waals surface area contributed by atoms with Gasteiger partial charge < -0.3 is 0 Å². The fourth-order valence-electron chi connectivity index (χ4n) is 1.23. The maximum Gasteiger partial charge on any atom is 0.442 e. The fourth-order valence-corrected chi connectivity index (χ4v) is 1.23. The third-order valence-corrected chi connectivity index (χ3v) is 2.15. The van der Waals surface area contributed by atoms with Crippen molar-refractivity contribution in [3.63, 3.8) is 0 Å². The van der Waals surface area contributed by atoms with Gasteiger partial charge in [0.1, 0.15) is 0 Å². The van der Waals surface area contributed by atoms with Gasteiger partial charge in [0, 0.05) is 5.56 Å². The Labute approximate surface area is 92.2 Å². The van der Waals surface area contributed by atoms with E-state index in [1.165, 1.54) is 12.1 Å². The van der Waals surface area contributed by atoms with Gasteiger partial charge in [-0.05, 0) is 6.92 Å². The molecule has 1 aliphatic heterocycles. The van der Waals surface area contributed by atoms with E-state index in [1.54, 1.807) is 12.1 Å². The van der Waals surface area contributed by atoms with E-state index in [1.807, 2.05) is 20.8 Å². The molecular weight excluding hydrogens is 217 g/mol. The molecule has 0 aliphatic carbocycles. The van der Waals surface area contributed by atoms with Crippen molar-refractivity contribution in [2.24, 2.45) is 10.2 Å². The molecule has 1 aromatic carbocycles. The lowest BCUT2D eigenvalue weighted by molar-refractivity contribution is -0.166. The number of hydrogen-bond donors (Lipinski definition) is 0. The smallest absolute Gasteiger partial charge is 0.166 e. The molecule has 88 valence electrons. The molecule has 2 nitrogen and oxygen atoms in total. The minimum absolute atomic E-state index is 0.0793. The van der Waals surface area contributed by atoms with Crippen molar-refractivity contribution in [1.29, 1.82) is 0 Å². The Morgan fingerprint density at radius 1 is 1.00 bits per heavy atom. The van der Waals surface area contributed by atoms with E-state index in [0.29, 0.717) is 0 Å². The predicted molar refractivity (Wildman–Crippen MR) is 55.1 cm³/mol. The van der Waals surface area contributed by atoms with Crippen LogP contribution < -0.4 is 0 Å². The maximum atomic E-state index is 12.5. The molecule has 0 unspecified atom stereocenters. The molecule has 0 atom stereocenters. The van der Waals surface area contributed by atoms with Gasteiger partial charge >= 0.3 is 11.8 Å². The summed E-state index contributed by atoms with van der Waals surface area (Å²) in [5.41, 5.74) is -1.29. The molecule has 1 aromatic rings. The van der Waals surface area contributed by atoms with Gasteiger partial charge in [-0.25, -0.2) is 0 Å². The molecule has 0 saturated carbocycles. The van der Waals surface area contributed by atoms with Gasteiger partial charge in [0.05, 0.1) is 0 Å². The van der Waals surface area contributed by atoms with E-state index in [0.717, 1.165) is 5.56 Å². The van der Waals surface area contributed by atoms with Crippen molar-refractivity contribution >= 4 is 0 Å². The topological polar surface area (TPSA) is 24.7 Å². The van der Waals surface area contributed by atoms with Gasteiger partial charge in [0.15, 0.2) is 0 Å². The Balaban J connectivity index is 0.000000606. The number of rotatable bonds is 1. The van der Waals surface area contributed by atoms with Crippen molar-refractivity contribution < 1.29 is 13.2 Å². The quantitative estimate of drug-likeness (QED) is 0.690. The standard InChI is InChI=1S/C9H7F3N2.C2H6/c1-6-2-4-7(5-3-6)8(13-14-8)9(10,11)12;1-2/h2-5H,1H3;1-2H3. The van der Waals surface area contributed by atoms with Crippen LogP contribution in [0.25, 0.3) is 0 Å². The third kappa shape index (κ3) is 2.08. The summed E-state index contributed by atoms with van der Waals surface area (Å²) in [7, 11) is 0. The maximum absolute atomic E-state index is 12.5. The first-order valence-corrected chi connectivity index (χ1v) is 5.04. The van der Waals surface area contributed by atoms with Gasteiger partial charge in [-0.2, -0.15) is 13.2 Å². The first kappa shape index (κ1) is 12.7. The highest BCUT2D eigenvalue weighted by Gasteiger charge is 2.65. The average molecular weight is 230 g/mol. The molecule has 0 amide bonds. The zero-order chi connectivity index (χ0) is 12.4. The molecule has 16 heavy (non-hydrogen) atoms. The van der Waals surface area contributed by atoms with Gasteiger partial charge in [-0.15, -0.1) is 10.2 Å². The van der Waals surface area contributed by atoms with Gasteiger partial charge in [0.2, 0.25) is 0 Å². The molecule has 1 heterocycles. The van der Waals surface area contributed by atoms with Gasteiger partial charge in [0.25, 0.3) is 0 Å². The minimum Gasteiger partial charge on any atom is -0.166 e. The lowest BCUT2D eigenvalue weighted by Crippen LogP contribution is -2.29. The molecular formula is C11H13F3N2. The van der Waals surface area contributed by atoms with Crippen molar-refractivity contribution in [2.45, 2.75) is 32.6 Å². The molecule has 2 rings (SSSR count). The summed E-state index contributed by atoms with van der Waals surface area (Å²) < 4.78 is 37.5. The predicted octanol–water partition coefficient (Wildman–Crippen LogP) is 4.20. The van der Waals surface area contributed by atoms with Crippen LogP contribution in [0.5, 0.6) is 0 Å². The highest BCUT2D eigenvalue weighted by atomic mass is 19.4. The number of benzene rings is 1. The van der Waals surface area contributed by atoms with Crippen LogP contribution in [0.3, 0.4) is 0 Å². The highest BCUT2D eigenvalue weighted by molar-refractivity contribution is 5.31. The lowest BCUT2D eigenvalue weighted by atomic mass is 10.0. The Morgan fingerprint density at radius 2 is 1.44 bits per heavy atom. The molecule has 0 radical (unpaired) electrons. The largest absolute Gasteiger partial charge is 0.442 e. The number of halogens is 3. The second kappa shape index (κ2) is 4.23. The van der Waals surface area contributed by atoms with Crippen LogP contribution in [0.15, 0.2) is 34.5 Å². The Kier molecular flexibility index (Phi) is 3.35. The van der Waals surface area contributed by atoms with E-state index in [-0.39, 0.29) is 5.56 Å². The van der Waals surface area contributed by atoms with Crippen LogP contribution in [-0.4, -0.2) is 6.18 Å². The van der Waals surface area contributed by atoms with Crippen molar-refractivity contribution in [2.75, 3.05) is 0 Å². The first-order valence-electron chi connectivity index (χ1n) is 5.04. The second-order valence-corrected chi connectivity index (χ2v) is 3.24. The number of alkyl halides is 3. The SMILES string of the molecule is CC.Cc1ccc(C2(C(F)(F)F)N=N2)cc1. The van der Waals surface area contributed by atoms with Crippen LogP contribution in [0.1, 0.15) is 25.0 Å². The van der Waals surface area contributed by atoms with E-state index in [4.69, 9.17) is 0 Å². The molecule has 0 saturated heterocycles. The summed E-state index contributed by atoms with van der Waals surface area (Å²) in [5.74, 6) is 0.